The van der Waals surface area contributed by atoms with Gasteiger partial charge in [-0.25, -0.2) is 0 Å². The molecule has 0 fully saturated rings. The molecule has 0 aliphatic rings. The van der Waals surface area contributed by atoms with Crippen molar-refractivity contribution in [2.75, 3.05) is 11.9 Å². The molecule has 0 radical (unpaired) electrons. The van der Waals surface area contributed by atoms with Crippen molar-refractivity contribution in [3.8, 4) is 11.5 Å². The Morgan fingerprint density at radius 2 is 1.73 bits per heavy atom. The summed E-state index contributed by atoms with van der Waals surface area (Å²) >= 11 is 0. The number of ether oxygens (including phenoxy) is 1. The van der Waals surface area contributed by atoms with E-state index < -0.39 is 16.7 Å². The second-order valence-electron chi connectivity index (χ2n) is 6.45. The molecule has 0 spiro atoms. The van der Waals surface area contributed by atoms with Crippen LogP contribution in [0.1, 0.15) is 15.9 Å². The molecule has 0 aliphatic heterocycles. The van der Waals surface area contributed by atoms with E-state index in [-0.39, 0.29) is 17.8 Å². The number of amides is 2. The van der Waals surface area contributed by atoms with Crippen LogP contribution in [0, 0.1) is 17.0 Å². The average molecular weight is 405 g/mol. The van der Waals surface area contributed by atoms with Crippen molar-refractivity contribution in [2.24, 2.45) is 0 Å². The fraction of sp³-hybridized carbons (Fsp3) is 0.0909. The predicted molar refractivity (Wildman–Crippen MR) is 112 cm³/mol. The molecule has 30 heavy (non-hydrogen) atoms. The van der Waals surface area contributed by atoms with Crippen LogP contribution in [0.25, 0.3) is 0 Å². The molecule has 0 unspecified atom stereocenters. The van der Waals surface area contributed by atoms with Gasteiger partial charge in [-0.3, -0.25) is 19.7 Å². The summed E-state index contributed by atoms with van der Waals surface area (Å²) in [6, 6.07) is 19.7. The zero-order chi connectivity index (χ0) is 21.5. The van der Waals surface area contributed by atoms with Gasteiger partial charge in [-0.05, 0) is 37.3 Å². The molecule has 8 nitrogen and oxygen atoms in total. The maximum Gasteiger partial charge on any atom is 0.270 e. The lowest BCUT2D eigenvalue weighted by Gasteiger charge is -2.13. The van der Waals surface area contributed by atoms with Gasteiger partial charge in [0.2, 0.25) is 5.91 Å². The molecule has 152 valence electrons. The molecular weight excluding hydrogens is 386 g/mol. The Morgan fingerprint density at radius 3 is 2.47 bits per heavy atom. The predicted octanol–water partition coefficient (Wildman–Crippen LogP) is 4.06. The van der Waals surface area contributed by atoms with Gasteiger partial charge in [0.1, 0.15) is 5.75 Å². The molecule has 2 amide bonds. The van der Waals surface area contributed by atoms with Crippen LogP contribution in [0.5, 0.6) is 11.5 Å². The van der Waals surface area contributed by atoms with E-state index in [4.69, 9.17) is 4.74 Å². The molecule has 0 saturated carbocycles. The second-order valence-corrected chi connectivity index (χ2v) is 6.45. The first kappa shape index (κ1) is 20.5. The summed E-state index contributed by atoms with van der Waals surface area (Å²) in [5.74, 6) is 0.0350. The molecule has 0 aliphatic carbocycles. The minimum absolute atomic E-state index is 0.0973. The van der Waals surface area contributed by atoms with E-state index >= 15 is 0 Å². The average Bonchev–Trinajstić information content (AvgIpc) is 2.75. The van der Waals surface area contributed by atoms with Crippen LogP contribution in [-0.2, 0) is 4.79 Å². The molecule has 8 heteroatoms. The van der Waals surface area contributed by atoms with E-state index in [1.165, 1.54) is 18.2 Å². The molecule has 0 aromatic heterocycles. The van der Waals surface area contributed by atoms with E-state index in [1.54, 1.807) is 24.3 Å². The number of hydrogen-bond acceptors (Lipinski definition) is 5. The number of hydrogen-bond donors (Lipinski definition) is 2. The van der Waals surface area contributed by atoms with Crippen LogP contribution in [-0.4, -0.2) is 23.3 Å². The lowest BCUT2D eigenvalue weighted by molar-refractivity contribution is -0.384. The summed E-state index contributed by atoms with van der Waals surface area (Å²) in [7, 11) is 0. The number of nitrogens with zero attached hydrogens (tertiary/aromatic N) is 1. The lowest BCUT2D eigenvalue weighted by Crippen LogP contribution is -2.32. The third kappa shape index (κ3) is 5.41. The van der Waals surface area contributed by atoms with E-state index in [0.29, 0.717) is 17.2 Å². The number of aryl methyl sites for hydroxylation is 1. The Labute approximate surface area is 172 Å². The summed E-state index contributed by atoms with van der Waals surface area (Å²) in [4.78, 5) is 34.7. The molecule has 3 rings (SSSR count). The van der Waals surface area contributed by atoms with E-state index in [2.05, 4.69) is 10.6 Å². The van der Waals surface area contributed by atoms with Crippen LogP contribution < -0.4 is 15.4 Å². The zero-order valence-corrected chi connectivity index (χ0v) is 16.1. The molecule has 2 N–H and O–H groups in total. The second kappa shape index (κ2) is 9.33. The minimum Gasteiger partial charge on any atom is -0.455 e. The third-order valence-corrected chi connectivity index (χ3v) is 4.14. The summed E-state index contributed by atoms with van der Waals surface area (Å²) in [6.45, 7) is 1.67. The lowest BCUT2D eigenvalue weighted by atomic mass is 10.2. The Morgan fingerprint density at radius 1 is 1.00 bits per heavy atom. The van der Waals surface area contributed by atoms with E-state index in [0.717, 1.165) is 11.6 Å². The van der Waals surface area contributed by atoms with Gasteiger partial charge < -0.3 is 15.4 Å². The number of nitro groups is 1. The van der Waals surface area contributed by atoms with E-state index in [9.17, 15) is 19.7 Å². The van der Waals surface area contributed by atoms with Crippen molar-refractivity contribution in [3.05, 3.63) is 94.0 Å². The topological polar surface area (TPSA) is 111 Å². The Bertz CT molecular complexity index is 1080. The van der Waals surface area contributed by atoms with Crippen molar-refractivity contribution in [1.82, 2.24) is 5.32 Å². The fourth-order valence-electron chi connectivity index (χ4n) is 2.61. The number of rotatable bonds is 7. The van der Waals surface area contributed by atoms with Crippen LogP contribution in [0.2, 0.25) is 0 Å². The maximum absolute atomic E-state index is 12.3. The van der Waals surface area contributed by atoms with Gasteiger partial charge in [0, 0.05) is 17.7 Å². The molecule has 3 aromatic carbocycles. The summed E-state index contributed by atoms with van der Waals surface area (Å²) in [5, 5.41) is 16.0. The SMILES string of the molecule is Cc1ccc(Oc2ccccc2NC(=O)CNC(=O)c2cccc([N+](=O)[O-])c2)cc1. The zero-order valence-electron chi connectivity index (χ0n) is 16.1. The fourth-order valence-corrected chi connectivity index (χ4v) is 2.61. The molecule has 0 atom stereocenters. The normalized spacial score (nSPS) is 10.2. The Balaban J connectivity index is 1.61. The van der Waals surface area contributed by atoms with Gasteiger partial charge in [0.15, 0.2) is 5.75 Å². The molecule has 0 bridgehead atoms. The Hall–Kier alpha value is -4.20. The van der Waals surface area contributed by atoms with Gasteiger partial charge in [0.25, 0.3) is 11.6 Å². The van der Waals surface area contributed by atoms with Gasteiger partial charge in [-0.2, -0.15) is 0 Å². The monoisotopic (exact) mass is 405 g/mol. The highest BCUT2D eigenvalue weighted by atomic mass is 16.6. The minimum atomic E-state index is -0.589. The van der Waals surface area contributed by atoms with Crippen molar-refractivity contribution >= 4 is 23.2 Å². The number of non-ortho nitro benzene ring substituents is 1. The highest BCUT2D eigenvalue weighted by molar-refractivity contribution is 6.00. The highest BCUT2D eigenvalue weighted by Crippen LogP contribution is 2.29. The van der Waals surface area contributed by atoms with Crippen molar-refractivity contribution in [3.63, 3.8) is 0 Å². The van der Waals surface area contributed by atoms with Crippen molar-refractivity contribution in [1.29, 1.82) is 0 Å². The first-order valence-electron chi connectivity index (χ1n) is 9.08. The van der Waals surface area contributed by atoms with Crippen molar-refractivity contribution in [2.45, 2.75) is 6.92 Å². The summed E-state index contributed by atoms with van der Waals surface area (Å²) < 4.78 is 5.83. The highest BCUT2D eigenvalue weighted by Gasteiger charge is 2.13. The quantitative estimate of drug-likeness (QED) is 0.455. The maximum atomic E-state index is 12.3. The molecule has 0 heterocycles. The van der Waals surface area contributed by atoms with E-state index in [1.807, 2.05) is 31.2 Å². The molecule has 3 aromatic rings. The molecular formula is C22H19N3O5. The summed E-state index contributed by atoms with van der Waals surface area (Å²) in [6.07, 6.45) is 0. The number of benzene rings is 3. The van der Waals surface area contributed by atoms with Crippen molar-refractivity contribution < 1.29 is 19.2 Å². The van der Waals surface area contributed by atoms with Crippen LogP contribution in [0.3, 0.4) is 0 Å². The largest absolute Gasteiger partial charge is 0.455 e. The number of nitro benzene ring substituents is 1. The molecule has 0 saturated heterocycles. The van der Waals surface area contributed by atoms with Crippen LogP contribution >= 0.6 is 0 Å². The summed E-state index contributed by atoms with van der Waals surface area (Å²) in [5.41, 5.74) is 1.45. The Kier molecular flexibility index (Phi) is 6.39. The van der Waals surface area contributed by atoms with Gasteiger partial charge >= 0.3 is 0 Å². The number of carbonyl (C=O) groups is 2. The number of nitrogens with one attached hydrogen (secondary N) is 2. The number of para-hydroxylation sites is 2. The standard InChI is InChI=1S/C22H19N3O5/c1-15-9-11-18(12-10-15)30-20-8-3-2-7-19(20)24-21(26)14-23-22(27)16-5-4-6-17(13-16)25(28)29/h2-13H,14H2,1H3,(H,23,27)(H,24,26). The first-order chi connectivity index (χ1) is 14.4. The number of carbonyl (C=O) groups excluding carboxylic acids is 2. The third-order valence-electron chi connectivity index (χ3n) is 4.14. The van der Waals surface area contributed by atoms with Gasteiger partial charge in [-0.15, -0.1) is 0 Å². The van der Waals surface area contributed by atoms with Gasteiger partial charge in [-0.1, -0.05) is 35.9 Å². The van der Waals surface area contributed by atoms with Gasteiger partial charge in [0.05, 0.1) is 17.2 Å². The first-order valence-corrected chi connectivity index (χ1v) is 9.08. The van der Waals surface area contributed by atoms with Crippen LogP contribution in [0.15, 0.2) is 72.8 Å². The number of anilines is 1. The smallest absolute Gasteiger partial charge is 0.270 e. The van der Waals surface area contributed by atoms with Crippen LogP contribution in [0.4, 0.5) is 11.4 Å².